The number of amides is 1. The number of piperazine rings is 1. The first-order valence-corrected chi connectivity index (χ1v) is 5.37. The lowest BCUT2D eigenvalue weighted by atomic mass is 10.1. The van der Waals surface area contributed by atoms with Crippen molar-refractivity contribution in [3.05, 3.63) is 0 Å². The Morgan fingerprint density at radius 1 is 1.50 bits per heavy atom. The molecule has 0 bridgehead atoms. The smallest absolute Gasteiger partial charge is 0.241 e. The molecule has 1 heterocycles. The molecule has 2 rings (SSSR count). The molecule has 0 spiro atoms. The molecule has 14 heavy (non-hydrogen) atoms. The summed E-state index contributed by atoms with van der Waals surface area (Å²) in [4.78, 5) is 16.2. The molecule has 1 aliphatic carbocycles. The zero-order valence-corrected chi connectivity index (χ0v) is 8.94. The topological polar surface area (TPSA) is 49.6 Å². The first kappa shape index (κ1) is 9.93. The first-order valence-electron chi connectivity index (χ1n) is 5.37. The van der Waals surface area contributed by atoms with Crippen LogP contribution in [0.1, 0.15) is 19.8 Å². The van der Waals surface area contributed by atoms with Crippen molar-refractivity contribution >= 4 is 5.91 Å². The standard InChI is InChI=1S/C10H19N3O/c1-7-6-12(2)9(5-11)10(14)13(7)8-3-4-8/h7-9H,3-6,11H2,1-2H3. The molecule has 1 saturated heterocycles. The second-order valence-electron chi connectivity index (χ2n) is 4.52. The lowest BCUT2D eigenvalue weighted by Gasteiger charge is -2.43. The zero-order valence-electron chi connectivity index (χ0n) is 8.94. The average molecular weight is 197 g/mol. The summed E-state index contributed by atoms with van der Waals surface area (Å²) in [7, 11) is 1.98. The van der Waals surface area contributed by atoms with E-state index in [1.54, 1.807) is 0 Å². The van der Waals surface area contributed by atoms with Crippen molar-refractivity contribution in [3.63, 3.8) is 0 Å². The summed E-state index contributed by atoms with van der Waals surface area (Å²) in [6.07, 6.45) is 2.36. The highest BCUT2D eigenvalue weighted by Crippen LogP contribution is 2.31. The Bertz CT molecular complexity index is 240. The molecular weight excluding hydrogens is 178 g/mol. The maximum atomic E-state index is 12.1. The van der Waals surface area contributed by atoms with Crippen molar-refractivity contribution in [1.29, 1.82) is 0 Å². The van der Waals surface area contributed by atoms with Crippen molar-refractivity contribution in [2.24, 2.45) is 5.73 Å². The number of carbonyl (C=O) groups is 1. The van der Waals surface area contributed by atoms with Gasteiger partial charge in [-0.1, -0.05) is 0 Å². The minimum absolute atomic E-state index is 0.0909. The van der Waals surface area contributed by atoms with Crippen LogP contribution < -0.4 is 5.73 Å². The molecule has 2 atom stereocenters. The minimum Gasteiger partial charge on any atom is -0.334 e. The summed E-state index contributed by atoms with van der Waals surface area (Å²) in [5.41, 5.74) is 5.62. The minimum atomic E-state index is -0.0909. The molecule has 4 heteroatoms. The van der Waals surface area contributed by atoms with E-state index in [2.05, 4.69) is 16.7 Å². The SMILES string of the molecule is CC1CN(C)C(CN)C(=O)N1C1CC1. The van der Waals surface area contributed by atoms with Crippen molar-refractivity contribution < 1.29 is 4.79 Å². The van der Waals surface area contributed by atoms with Crippen molar-refractivity contribution in [2.45, 2.75) is 37.9 Å². The van der Waals surface area contributed by atoms with Gasteiger partial charge in [-0.2, -0.15) is 0 Å². The molecular formula is C10H19N3O. The Kier molecular flexibility index (Phi) is 2.49. The predicted octanol–water partition coefficient (Wildman–Crippen LogP) is -0.361. The van der Waals surface area contributed by atoms with Crippen LogP contribution in [-0.4, -0.2) is 54.0 Å². The van der Waals surface area contributed by atoms with Crippen LogP contribution in [0.4, 0.5) is 0 Å². The van der Waals surface area contributed by atoms with Gasteiger partial charge in [-0.05, 0) is 26.8 Å². The third-order valence-corrected chi connectivity index (χ3v) is 3.26. The van der Waals surface area contributed by atoms with E-state index in [0.717, 1.165) is 6.54 Å². The normalized spacial score (nSPS) is 35.1. The van der Waals surface area contributed by atoms with Crippen LogP contribution in [0.5, 0.6) is 0 Å². The summed E-state index contributed by atoms with van der Waals surface area (Å²) in [5, 5.41) is 0. The van der Waals surface area contributed by atoms with Crippen LogP contribution >= 0.6 is 0 Å². The number of hydrogen-bond donors (Lipinski definition) is 1. The molecule has 2 fully saturated rings. The highest BCUT2D eigenvalue weighted by Gasteiger charge is 2.43. The van der Waals surface area contributed by atoms with Crippen LogP contribution in [0.2, 0.25) is 0 Å². The summed E-state index contributed by atoms with van der Waals surface area (Å²) < 4.78 is 0. The Hall–Kier alpha value is -0.610. The fourth-order valence-corrected chi connectivity index (χ4v) is 2.38. The fourth-order valence-electron chi connectivity index (χ4n) is 2.38. The number of nitrogens with two attached hydrogens (primary N) is 1. The van der Waals surface area contributed by atoms with Gasteiger partial charge in [0.2, 0.25) is 5.91 Å². The molecule has 0 aromatic carbocycles. The van der Waals surface area contributed by atoms with E-state index in [1.807, 2.05) is 7.05 Å². The molecule has 4 nitrogen and oxygen atoms in total. The van der Waals surface area contributed by atoms with Crippen molar-refractivity contribution in [3.8, 4) is 0 Å². The Morgan fingerprint density at radius 2 is 2.14 bits per heavy atom. The lowest BCUT2D eigenvalue weighted by molar-refractivity contribution is -0.144. The van der Waals surface area contributed by atoms with Crippen LogP contribution in [-0.2, 0) is 4.79 Å². The van der Waals surface area contributed by atoms with Crippen molar-refractivity contribution in [1.82, 2.24) is 9.80 Å². The Balaban J connectivity index is 2.12. The van der Waals surface area contributed by atoms with Crippen LogP contribution in [0.3, 0.4) is 0 Å². The van der Waals surface area contributed by atoms with E-state index in [0.29, 0.717) is 18.6 Å². The van der Waals surface area contributed by atoms with E-state index in [4.69, 9.17) is 5.73 Å². The predicted molar refractivity (Wildman–Crippen MR) is 54.8 cm³/mol. The zero-order chi connectivity index (χ0) is 10.3. The second-order valence-corrected chi connectivity index (χ2v) is 4.52. The monoisotopic (exact) mass is 197 g/mol. The molecule has 2 aliphatic rings. The maximum absolute atomic E-state index is 12.1. The summed E-state index contributed by atoms with van der Waals surface area (Å²) in [5.74, 6) is 0.233. The van der Waals surface area contributed by atoms with Crippen molar-refractivity contribution in [2.75, 3.05) is 20.1 Å². The third-order valence-electron chi connectivity index (χ3n) is 3.26. The number of likely N-dealkylation sites (N-methyl/N-ethyl adjacent to an activating group) is 1. The van der Waals surface area contributed by atoms with Gasteiger partial charge in [-0.25, -0.2) is 0 Å². The molecule has 2 unspecified atom stereocenters. The van der Waals surface area contributed by atoms with Crippen LogP contribution in [0, 0.1) is 0 Å². The van der Waals surface area contributed by atoms with Gasteiger partial charge in [-0.15, -0.1) is 0 Å². The van der Waals surface area contributed by atoms with Gasteiger partial charge >= 0.3 is 0 Å². The fraction of sp³-hybridized carbons (Fsp3) is 0.900. The van der Waals surface area contributed by atoms with Gasteiger partial charge in [0.25, 0.3) is 0 Å². The van der Waals surface area contributed by atoms with E-state index in [9.17, 15) is 4.79 Å². The van der Waals surface area contributed by atoms with E-state index in [-0.39, 0.29) is 11.9 Å². The number of nitrogens with zero attached hydrogens (tertiary/aromatic N) is 2. The molecule has 1 amide bonds. The lowest BCUT2D eigenvalue weighted by Crippen LogP contribution is -2.62. The van der Waals surface area contributed by atoms with Gasteiger partial charge < -0.3 is 10.6 Å². The highest BCUT2D eigenvalue weighted by molar-refractivity contribution is 5.83. The van der Waals surface area contributed by atoms with Gasteiger partial charge in [0, 0.05) is 25.2 Å². The molecule has 2 N–H and O–H groups in total. The summed E-state index contributed by atoms with van der Waals surface area (Å²) in [6.45, 7) is 3.51. The van der Waals surface area contributed by atoms with E-state index in [1.165, 1.54) is 12.8 Å². The summed E-state index contributed by atoms with van der Waals surface area (Å²) in [6, 6.07) is 0.773. The van der Waals surface area contributed by atoms with Gasteiger partial charge in [0.05, 0.1) is 0 Å². The van der Waals surface area contributed by atoms with E-state index >= 15 is 0 Å². The summed E-state index contributed by atoms with van der Waals surface area (Å²) >= 11 is 0. The number of rotatable bonds is 2. The molecule has 80 valence electrons. The van der Waals surface area contributed by atoms with Crippen LogP contribution in [0.15, 0.2) is 0 Å². The highest BCUT2D eigenvalue weighted by atomic mass is 16.2. The van der Waals surface area contributed by atoms with Gasteiger partial charge in [-0.3, -0.25) is 9.69 Å². The molecule has 0 aromatic heterocycles. The third kappa shape index (κ3) is 1.53. The number of carbonyl (C=O) groups excluding carboxylic acids is 1. The Morgan fingerprint density at radius 3 is 2.64 bits per heavy atom. The molecule has 1 aliphatic heterocycles. The molecule has 0 radical (unpaired) electrons. The van der Waals surface area contributed by atoms with Gasteiger partial charge in [0.1, 0.15) is 6.04 Å². The average Bonchev–Trinajstić information content (AvgIpc) is 2.88. The quantitative estimate of drug-likeness (QED) is 0.657. The van der Waals surface area contributed by atoms with E-state index < -0.39 is 0 Å². The molecule has 1 saturated carbocycles. The molecule has 0 aromatic rings. The van der Waals surface area contributed by atoms with Gasteiger partial charge in [0.15, 0.2) is 0 Å². The maximum Gasteiger partial charge on any atom is 0.241 e. The number of hydrogen-bond acceptors (Lipinski definition) is 3. The van der Waals surface area contributed by atoms with Crippen LogP contribution in [0.25, 0.3) is 0 Å². The first-order chi connectivity index (χ1) is 6.65. The Labute approximate surface area is 85.0 Å². The second kappa shape index (κ2) is 3.51. The largest absolute Gasteiger partial charge is 0.334 e.